The van der Waals surface area contributed by atoms with Gasteiger partial charge in [-0.25, -0.2) is 9.07 Å². The molecule has 0 unspecified atom stereocenters. The minimum Gasteiger partial charge on any atom is -0.463 e. The van der Waals surface area contributed by atoms with E-state index >= 15 is 0 Å². The molecule has 3 rings (SSSR count). The summed E-state index contributed by atoms with van der Waals surface area (Å²) in [6.45, 7) is 8.28. The summed E-state index contributed by atoms with van der Waals surface area (Å²) in [5.74, 6) is -0.0944. The Labute approximate surface area is 169 Å². The number of anilines is 1. The average molecular weight is 396 g/mol. The lowest BCUT2D eigenvalue weighted by Gasteiger charge is -2.17. The van der Waals surface area contributed by atoms with Gasteiger partial charge in [0, 0.05) is 12.1 Å². The van der Waals surface area contributed by atoms with Gasteiger partial charge < -0.3 is 10.1 Å². The molecule has 152 valence electrons. The SMILES string of the molecule is CCOc1nc(-c2ccccc2F)n(-c2ccc(NC(=O)CC(C)(C)C)cc2)n1. The van der Waals surface area contributed by atoms with Crippen molar-refractivity contribution in [3.05, 3.63) is 54.3 Å². The first kappa shape index (κ1) is 20.5. The fourth-order valence-electron chi connectivity index (χ4n) is 2.85. The third kappa shape index (κ3) is 5.19. The number of carbonyl (C=O) groups is 1. The van der Waals surface area contributed by atoms with Crippen LogP contribution in [-0.4, -0.2) is 27.3 Å². The van der Waals surface area contributed by atoms with Crippen molar-refractivity contribution in [2.24, 2.45) is 5.41 Å². The first-order chi connectivity index (χ1) is 13.8. The van der Waals surface area contributed by atoms with E-state index in [1.54, 1.807) is 42.5 Å². The van der Waals surface area contributed by atoms with Crippen molar-refractivity contribution in [1.29, 1.82) is 0 Å². The largest absolute Gasteiger partial charge is 0.463 e. The van der Waals surface area contributed by atoms with E-state index in [1.165, 1.54) is 10.7 Å². The van der Waals surface area contributed by atoms with Gasteiger partial charge in [0.05, 0.1) is 17.9 Å². The summed E-state index contributed by atoms with van der Waals surface area (Å²) in [4.78, 5) is 16.5. The molecule has 0 aliphatic heterocycles. The fourth-order valence-corrected chi connectivity index (χ4v) is 2.85. The van der Waals surface area contributed by atoms with E-state index in [-0.39, 0.29) is 17.3 Å². The molecule has 0 spiro atoms. The third-order valence-electron chi connectivity index (χ3n) is 4.06. The number of nitrogens with one attached hydrogen (secondary N) is 1. The zero-order chi connectivity index (χ0) is 21.0. The van der Waals surface area contributed by atoms with Crippen molar-refractivity contribution >= 4 is 11.6 Å². The Kier molecular flexibility index (Phi) is 5.96. The maximum absolute atomic E-state index is 14.3. The summed E-state index contributed by atoms with van der Waals surface area (Å²) < 4.78 is 21.3. The minimum absolute atomic E-state index is 0.0447. The molecule has 7 heteroatoms. The molecule has 3 aromatic rings. The third-order valence-corrected chi connectivity index (χ3v) is 4.06. The highest BCUT2D eigenvalue weighted by Crippen LogP contribution is 2.26. The molecule has 0 aliphatic rings. The Balaban J connectivity index is 1.90. The number of aromatic nitrogens is 3. The van der Waals surface area contributed by atoms with Crippen molar-refractivity contribution in [3.63, 3.8) is 0 Å². The average Bonchev–Trinajstić information content (AvgIpc) is 3.05. The van der Waals surface area contributed by atoms with Gasteiger partial charge in [0.25, 0.3) is 0 Å². The molecule has 2 aromatic carbocycles. The lowest BCUT2D eigenvalue weighted by molar-refractivity contribution is -0.117. The van der Waals surface area contributed by atoms with Crippen LogP contribution in [0.15, 0.2) is 48.5 Å². The smallest absolute Gasteiger partial charge is 0.336 e. The lowest BCUT2D eigenvalue weighted by atomic mass is 9.92. The number of carbonyl (C=O) groups excluding carboxylic acids is 1. The molecule has 6 nitrogen and oxygen atoms in total. The quantitative estimate of drug-likeness (QED) is 0.647. The topological polar surface area (TPSA) is 69.0 Å². The molecule has 0 bridgehead atoms. The number of hydrogen-bond donors (Lipinski definition) is 1. The number of rotatable bonds is 6. The maximum atomic E-state index is 14.3. The van der Waals surface area contributed by atoms with E-state index in [0.717, 1.165) is 0 Å². The highest BCUT2D eigenvalue weighted by molar-refractivity contribution is 5.91. The molecule has 0 aliphatic carbocycles. The Bertz CT molecular complexity index is 991. The molecule has 1 N–H and O–H groups in total. The van der Waals surface area contributed by atoms with Gasteiger partial charge in [0.2, 0.25) is 5.91 Å². The molecule has 0 atom stereocenters. The lowest BCUT2D eigenvalue weighted by Crippen LogP contribution is -2.19. The van der Waals surface area contributed by atoms with Crippen molar-refractivity contribution in [2.45, 2.75) is 34.1 Å². The zero-order valence-electron chi connectivity index (χ0n) is 17.1. The number of halogens is 1. The summed E-state index contributed by atoms with van der Waals surface area (Å²) >= 11 is 0. The van der Waals surface area contributed by atoms with Crippen molar-refractivity contribution < 1.29 is 13.9 Å². The van der Waals surface area contributed by atoms with Gasteiger partial charge in [-0.15, -0.1) is 5.10 Å². The summed E-state index contributed by atoms with van der Waals surface area (Å²) in [7, 11) is 0. The second-order valence-corrected chi connectivity index (χ2v) is 7.88. The maximum Gasteiger partial charge on any atom is 0.336 e. The van der Waals surface area contributed by atoms with Gasteiger partial charge >= 0.3 is 6.01 Å². The van der Waals surface area contributed by atoms with Crippen molar-refractivity contribution in [2.75, 3.05) is 11.9 Å². The van der Waals surface area contributed by atoms with E-state index in [1.807, 2.05) is 27.7 Å². The van der Waals surface area contributed by atoms with Gasteiger partial charge in [-0.1, -0.05) is 32.9 Å². The van der Waals surface area contributed by atoms with E-state index < -0.39 is 5.82 Å². The van der Waals surface area contributed by atoms with E-state index in [2.05, 4.69) is 15.4 Å². The molecule has 29 heavy (non-hydrogen) atoms. The molecule has 1 heterocycles. The van der Waals surface area contributed by atoms with Gasteiger partial charge in [0.15, 0.2) is 5.82 Å². The van der Waals surface area contributed by atoms with E-state index in [4.69, 9.17) is 4.74 Å². The summed E-state index contributed by atoms with van der Waals surface area (Å²) in [6, 6.07) is 13.7. The van der Waals surface area contributed by atoms with Crippen LogP contribution in [0, 0.1) is 11.2 Å². The van der Waals surface area contributed by atoms with Crippen LogP contribution in [0.3, 0.4) is 0 Å². The van der Waals surface area contributed by atoms with Gasteiger partial charge in [-0.2, -0.15) is 4.98 Å². The monoisotopic (exact) mass is 396 g/mol. The van der Waals surface area contributed by atoms with E-state index in [0.29, 0.717) is 35.8 Å². The van der Waals surface area contributed by atoms with Crippen LogP contribution in [0.2, 0.25) is 0 Å². The number of ether oxygens (including phenoxy) is 1. The molecule has 0 saturated carbocycles. The van der Waals surface area contributed by atoms with Crippen molar-refractivity contribution in [1.82, 2.24) is 14.8 Å². The number of amides is 1. The van der Waals surface area contributed by atoms with E-state index in [9.17, 15) is 9.18 Å². The molecule has 0 saturated heterocycles. The van der Waals surface area contributed by atoms with Crippen molar-refractivity contribution in [3.8, 4) is 23.1 Å². The Morgan fingerprint density at radius 2 is 1.83 bits per heavy atom. The second kappa shape index (κ2) is 8.43. The standard InChI is InChI=1S/C22H25FN4O2/c1-5-29-21-25-20(17-8-6-7-9-18(17)23)27(26-21)16-12-10-15(11-13-16)24-19(28)14-22(2,3)4/h6-13H,5,14H2,1-4H3,(H,24,28). The predicted molar refractivity (Wildman–Crippen MR) is 111 cm³/mol. The highest BCUT2D eigenvalue weighted by Gasteiger charge is 2.18. The van der Waals surface area contributed by atoms with Gasteiger partial charge in [-0.05, 0) is 48.7 Å². The second-order valence-electron chi connectivity index (χ2n) is 7.88. The van der Waals surface area contributed by atoms with Crippen LogP contribution >= 0.6 is 0 Å². The molecule has 1 amide bonds. The summed E-state index contributed by atoms with van der Waals surface area (Å²) in [5.41, 5.74) is 1.60. The minimum atomic E-state index is -0.393. The number of benzene rings is 2. The Hall–Kier alpha value is -3.22. The molecule has 0 fully saturated rings. The molecular formula is C22H25FN4O2. The predicted octanol–water partition coefficient (Wildman–Crippen LogP) is 4.85. The molecular weight excluding hydrogens is 371 g/mol. The number of nitrogens with zero attached hydrogens (tertiary/aromatic N) is 3. The first-order valence-electron chi connectivity index (χ1n) is 9.52. The van der Waals surface area contributed by atoms with Crippen LogP contribution in [-0.2, 0) is 4.79 Å². The van der Waals surface area contributed by atoms with Gasteiger partial charge in [-0.3, -0.25) is 4.79 Å². The number of hydrogen-bond acceptors (Lipinski definition) is 4. The van der Waals surface area contributed by atoms with Gasteiger partial charge in [0.1, 0.15) is 5.82 Å². The highest BCUT2D eigenvalue weighted by atomic mass is 19.1. The molecule has 1 aromatic heterocycles. The zero-order valence-corrected chi connectivity index (χ0v) is 17.1. The fraction of sp³-hybridized carbons (Fsp3) is 0.318. The Morgan fingerprint density at radius 3 is 2.45 bits per heavy atom. The van der Waals surface area contributed by atoms with Crippen LogP contribution in [0.1, 0.15) is 34.1 Å². The van der Waals surface area contributed by atoms with Crippen LogP contribution in [0.5, 0.6) is 6.01 Å². The molecule has 0 radical (unpaired) electrons. The Morgan fingerprint density at radius 1 is 1.14 bits per heavy atom. The van der Waals surface area contributed by atoms with Crippen LogP contribution < -0.4 is 10.1 Å². The van der Waals surface area contributed by atoms with Crippen LogP contribution in [0.25, 0.3) is 17.1 Å². The normalized spacial score (nSPS) is 11.3. The summed E-state index contributed by atoms with van der Waals surface area (Å²) in [5, 5.41) is 7.25. The van der Waals surface area contributed by atoms with Crippen LogP contribution in [0.4, 0.5) is 10.1 Å². The first-order valence-corrected chi connectivity index (χ1v) is 9.52. The summed E-state index contributed by atoms with van der Waals surface area (Å²) in [6.07, 6.45) is 0.424.